The highest BCUT2D eigenvalue weighted by atomic mass is 32.2. The van der Waals surface area contributed by atoms with Crippen LogP contribution in [0.2, 0.25) is 0 Å². The summed E-state index contributed by atoms with van der Waals surface area (Å²) >= 11 is 0. The van der Waals surface area contributed by atoms with Gasteiger partial charge in [0.15, 0.2) is 0 Å². The average Bonchev–Trinajstić information content (AvgIpc) is 3.02. The number of amides is 1. The van der Waals surface area contributed by atoms with Crippen LogP contribution in [0, 0.1) is 11.8 Å². The van der Waals surface area contributed by atoms with Gasteiger partial charge in [0.05, 0.1) is 4.90 Å². The van der Waals surface area contributed by atoms with Crippen LogP contribution in [0.3, 0.4) is 0 Å². The van der Waals surface area contributed by atoms with Crippen molar-refractivity contribution in [3.63, 3.8) is 0 Å². The van der Waals surface area contributed by atoms with Gasteiger partial charge in [-0.1, -0.05) is 38.1 Å². The summed E-state index contributed by atoms with van der Waals surface area (Å²) in [5, 5.41) is 0. The van der Waals surface area contributed by atoms with Crippen molar-refractivity contribution in [2.75, 3.05) is 18.0 Å². The van der Waals surface area contributed by atoms with Gasteiger partial charge in [-0.15, -0.1) is 0 Å². The molecule has 6 heteroatoms. The molecule has 0 spiro atoms. The summed E-state index contributed by atoms with van der Waals surface area (Å²) in [5.74, 6) is 0.514. The fourth-order valence-corrected chi connectivity index (χ4v) is 6.48. The summed E-state index contributed by atoms with van der Waals surface area (Å²) in [6.45, 7) is 7.26. The van der Waals surface area contributed by atoms with Gasteiger partial charge in [0, 0.05) is 30.4 Å². The van der Waals surface area contributed by atoms with Gasteiger partial charge in [-0.2, -0.15) is 4.31 Å². The van der Waals surface area contributed by atoms with Crippen molar-refractivity contribution < 1.29 is 13.2 Å². The van der Waals surface area contributed by atoms with Gasteiger partial charge in [-0.05, 0) is 61.4 Å². The fraction of sp³-hybridized carbons (Fsp3) is 0.435. The molecular formula is C23H28N2O3S. The molecule has 1 fully saturated rings. The zero-order valence-corrected chi connectivity index (χ0v) is 18.0. The molecule has 0 aliphatic carbocycles. The summed E-state index contributed by atoms with van der Waals surface area (Å²) in [6, 6.07) is 14.5. The normalized spacial score (nSPS) is 25.1. The summed E-state index contributed by atoms with van der Waals surface area (Å²) in [4.78, 5) is 15.3. The number of sulfonamides is 1. The van der Waals surface area contributed by atoms with Crippen LogP contribution < -0.4 is 4.90 Å². The van der Waals surface area contributed by atoms with Crippen LogP contribution in [-0.2, 0) is 16.4 Å². The maximum absolute atomic E-state index is 13.3. The van der Waals surface area contributed by atoms with Crippen LogP contribution >= 0.6 is 0 Å². The third-order valence-electron chi connectivity index (χ3n) is 5.98. The van der Waals surface area contributed by atoms with E-state index in [2.05, 4.69) is 13.8 Å². The van der Waals surface area contributed by atoms with E-state index in [0.29, 0.717) is 30.5 Å². The molecule has 0 radical (unpaired) electrons. The monoisotopic (exact) mass is 412 g/mol. The van der Waals surface area contributed by atoms with E-state index in [1.165, 1.54) is 6.07 Å². The predicted octanol–water partition coefficient (Wildman–Crippen LogP) is 3.94. The largest absolute Gasteiger partial charge is 0.305 e. The molecule has 2 heterocycles. The van der Waals surface area contributed by atoms with Crippen molar-refractivity contribution in [2.24, 2.45) is 11.8 Å². The van der Waals surface area contributed by atoms with Crippen LogP contribution in [-0.4, -0.2) is 37.8 Å². The lowest BCUT2D eigenvalue weighted by Crippen LogP contribution is -2.42. The first kappa shape index (κ1) is 20.1. The molecule has 2 aliphatic heterocycles. The maximum atomic E-state index is 13.3. The first-order chi connectivity index (χ1) is 13.8. The third kappa shape index (κ3) is 3.71. The number of carbonyl (C=O) groups is 1. The average molecular weight is 413 g/mol. The van der Waals surface area contributed by atoms with E-state index in [0.717, 1.165) is 24.1 Å². The highest BCUT2D eigenvalue weighted by molar-refractivity contribution is 7.89. The Morgan fingerprint density at radius 2 is 1.66 bits per heavy atom. The van der Waals surface area contributed by atoms with Gasteiger partial charge >= 0.3 is 0 Å². The molecule has 0 aromatic heterocycles. The van der Waals surface area contributed by atoms with Crippen LogP contribution in [0.15, 0.2) is 53.4 Å². The van der Waals surface area contributed by atoms with Crippen LogP contribution in [0.5, 0.6) is 0 Å². The van der Waals surface area contributed by atoms with Gasteiger partial charge in [0.25, 0.3) is 5.91 Å². The summed E-state index contributed by atoms with van der Waals surface area (Å²) in [5.41, 5.74) is 2.47. The standard InChI is InChI=1S/C23H28N2O3S/c1-16-11-17(2)15-24(14-16)29(27,28)21-9-6-8-20(13-21)23(26)25-18(3)12-19-7-4-5-10-22(19)25/h4-10,13,16-18H,11-12,14-15H2,1-3H3. The van der Waals surface area contributed by atoms with E-state index in [-0.39, 0.29) is 16.8 Å². The smallest absolute Gasteiger partial charge is 0.258 e. The van der Waals surface area contributed by atoms with Gasteiger partial charge < -0.3 is 4.90 Å². The Hall–Kier alpha value is -2.18. The van der Waals surface area contributed by atoms with Crippen LogP contribution in [0.1, 0.15) is 43.1 Å². The SMILES string of the molecule is CC1CC(C)CN(S(=O)(=O)c2cccc(C(=O)N3c4ccccc4CC3C)c2)C1. The second-order valence-corrected chi connectivity index (χ2v) is 10.6. The van der Waals surface area contributed by atoms with Crippen molar-refractivity contribution >= 4 is 21.6 Å². The Balaban J connectivity index is 1.65. The second-order valence-electron chi connectivity index (χ2n) is 8.65. The molecule has 3 atom stereocenters. The van der Waals surface area contributed by atoms with Crippen molar-refractivity contribution in [2.45, 2.75) is 44.6 Å². The van der Waals surface area contributed by atoms with E-state index in [1.54, 1.807) is 27.4 Å². The molecule has 0 saturated carbocycles. The quantitative estimate of drug-likeness (QED) is 0.767. The Kier molecular flexibility index (Phi) is 5.25. The van der Waals surface area contributed by atoms with E-state index in [4.69, 9.17) is 0 Å². The maximum Gasteiger partial charge on any atom is 0.258 e. The first-order valence-corrected chi connectivity index (χ1v) is 11.7. The molecule has 3 unspecified atom stereocenters. The number of benzene rings is 2. The lowest BCUT2D eigenvalue weighted by molar-refractivity contribution is 0.0981. The molecule has 0 bridgehead atoms. The summed E-state index contributed by atoms with van der Waals surface area (Å²) in [6.07, 6.45) is 1.85. The summed E-state index contributed by atoms with van der Waals surface area (Å²) < 4.78 is 28.0. The topological polar surface area (TPSA) is 57.7 Å². The number of fused-ring (bicyclic) bond motifs is 1. The minimum Gasteiger partial charge on any atom is -0.305 e. The number of carbonyl (C=O) groups excluding carboxylic acids is 1. The molecule has 2 aromatic carbocycles. The summed E-state index contributed by atoms with van der Waals surface area (Å²) in [7, 11) is -3.62. The lowest BCUT2D eigenvalue weighted by Gasteiger charge is -2.34. The molecule has 5 nitrogen and oxygen atoms in total. The van der Waals surface area contributed by atoms with Crippen LogP contribution in [0.25, 0.3) is 0 Å². The highest BCUT2D eigenvalue weighted by Crippen LogP contribution is 2.33. The highest BCUT2D eigenvalue weighted by Gasteiger charge is 2.34. The molecule has 2 aromatic rings. The molecule has 1 saturated heterocycles. The first-order valence-electron chi connectivity index (χ1n) is 10.3. The number of nitrogens with zero attached hydrogens (tertiary/aromatic N) is 2. The lowest BCUT2D eigenvalue weighted by atomic mass is 9.94. The minimum absolute atomic E-state index is 0.0453. The third-order valence-corrected chi connectivity index (χ3v) is 7.81. The number of hydrogen-bond donors (Lipinski definition) is 0. The van der Waals surface area contributed by atoms with E-state index in [1.807, 2.05) is 31.2 Å². The number of rotatable bonds is 3. The molecule has 154 valence electrons. The zero-order chi connectivity index (χ0) is 20.8. The molecule has 2 aliphatic rings. The Morgan fingerprint density at radius 3 is 2.38 bits per heavy atom. The van der Waals surface area contributed by atoms with E-state index < -0.39 is 10.0 Å². The Bertz CT molecular complexity index is 1020. The number of anilines is 1. The fourth-order valence-electron chi connectivity index (χ4n) is 4.75. The van der Waals surface area contributed by atoms with Crippen molar-refractivity contribution in [1.29, 1.82) is 0 Å². The van der Waals surface area contributed by atoms with Gasteiger partial charge in [-0.25, -0.2) is 8.42 Å². The minimum atomic E-state index is -3.62. The predicted molar refractivity (Wildman–Crippen MR) is 115 cm³/mol. The Morgan fingerprint density at radius 1 is 0.966 bits per heavy atom. The van der Waals surface area contributed by atoms with Gasteiger partial charge in [-0.3, -0.25) is 4.79 Å². The zero-order valence-electron chi connectivity index (χ0n) is 17.2. The van der Waals surface area contributed by atoms with Crippen molar-refractivity contribution in [1.82, 2.24) is 4.31 Å². The van der Waals surface area contributed by atoms with E-state index in [9.17, 15) is 13.2 Å². The number of para-hydroxylation sites is 1. The van der Waals surface area contributed by atoms with Crippen molar-refractivity contribution in [3.8, 4) is 0 Å². The Labute approximate surface area is 173 Å². The number of piperidine rings is 1. The molecule has 1 amide bonds. The van der Waals surface area contributed by atoms with Gasteiger partial charge in [0.1, 0.15) is 0 Å². The molecular weight excluding hydrogens is 384 g/mol. The van der Waals surface area contributed by atoms with Gasteiger partial charge in [0.2, 0.25) is 10.0 Å². The van der Waals surface area contributed by atoms with Crippen LogP contribution in [0.4, 0.5) is 5.69 Å². The molecule has 29 heavy (non-hydrogen) atoms. The number of hydrogen-bond acceptors (Lipinski definition) is 3. The molecule has 0 N–H and O–H groups in total. The van der Waals surface area contributed by atoms with Crippen molar-refractivity contribution in [3.05, 3.63) is 59.7 Å². The van der Waals surface area contributed by atoms with E-state index >= 15 is 0 Å². The second kappa shape index (κ2) is 7.58. The molecule has 4 rings (SSSR count).